The van der Waals surface area contributed by atoms with Gasteiger partial charge in [0.15, 0.2) is 0 Å². The fraction of sp³-hybridized carbons (Fsp3) is 0.409. The predicted octanol–water partition coefficient (Wildman–Crippen LogP) is 6.82. The van der Waals surface area contributed by atoms with Crippen molar-refractivity contribution in [3.8, 4) is 0 Å². The van der Waals surface area contributed by atoms with Gasteiger partial charge < -0.3 is 38.3 Å². The van der Waals surface area contributed by atoms with E-state index in [4.69, 9.17) is 44.6 Å². The van der Waals surface area contributed by atoms with Gasteiger partial charge >= 0.3 is 27.3 Å². The monoisotopic (exact) mass is 856 g/mol. The van der Waals surface area contributed by atoms with E-state index in [1.54, 1.807) is 72.8 Å². The molecule has 4 heterocycles. The van der Waals surface area contributed by atoms with E-state index < -0.39 is 49.6 Å². The summed E-state index contributed by atoms with van der Waals surface area (Å²) in [7, 11) is -1.33. The maximum absolute atomic E-state index is 13.2. The Balaban J connectivity index is 0.000000177. The molecule has 0 bridgehead atoms. The van der Waals surface area contributed by atoms with Crippen LogP contribution in [0.3, 0.4) is 0 Å². The highest BCUT2D eigenvalue weighted by Crippen LogP contribution is 2.38. The standard InChI is InChI=1S/C18H20BFN2O3.C13H16BClO3.C13H17BO4/c1-17(2)18(3,4)25-19(24-17)13-7-5-12(6-8-13)16(23)22-15-11-14(20)9-10-21-15;2*1-12(2)13(3,4)18-14(17-12)10-7-5-9(6-8-10)11(15)16/h5-11H,1-4H3,(H,21,22,23);5-8H,1-4H3;5-8H,1-4H3,(H,15,16). The number of benzene rings is 3. The molecule has 3 saturated heterocycles. The van der Waals surface area contributed by atoms with Crippen molar-refractivity contribution in [1.29, 1.82) is 0 Å². The summed E-state index contributed by atoms with van der Waals surface area (Å²) in [5, 5.41) is 10.9. The van der Waals surface area contributed by atoms with Crippen molar-refractivity contribution in [3.63, 3.8) is 0 Å². The Morgan fingerprint density at radius 1 is 0.541 bits per heavy atom. The minimum atomic E-state index is -0.935. The van der Waals surface area contributed by atoms with Crippen LogP contribution in [0.15, 0.2) is 91.1 Å². The van der Waals surface area contributed by atoms with E-state index in [9.17, 15) is 18.8 Å². The number of hydrogen-bond donors (Lipinski definition) is 2. The van der Waals surface area contributed by atoms with E-state index in [0.717, 1.165) is 22.5 Å². The summed E-state index contributed by atoms with van der Waals surface area (Å²) < 4.78 is 48.7. The number of anilines is 1. The molecule has 4 aromatic rings. The Kier molecular flexibility index (Phi) is 13.9. The maximum Gasteiger partial charge on any atom is 0.494 e. The average Bonchev–Trinajstić information content (AvgIpc) is 3.64. The molecule has 3 aliphatic rings. The average molecular weight is 857 g/mol. The van der Waals surface area contributed by atoms with Gasteiger partial charge in [0.25, 0.3) is 11.1 Å². The van der Waals surface area contributed by atoms with E-state index in [1.165, 1.54) is 12.3 Å². The first-order valence-electron chi connectivity index (χ1n) is 19.9. The molecule has 3 aromatic carbocycles. The molecule has 1 aromatic heterocycles. The van der Waals surface area contributed by atoms with Crippen molar-refractivity contribution >= 4 is 72.3 Å². The van der Waals surface area contributed by atoms with Crippen molar-refractivity contribution in [3.05, 3.63) is 114 Å². The van der Waals surface area contributed by atoms with Gasteiger partial charge in [0.2, 0.25) is 0 Å². The van der Waals surface area contributed by atoms with Crippen molar-refractivity contribution in [1.82, 2.24) is 4.98 Å². The van der Waals surface area contributed by atoms with Crippen LogP contribution in [0.4, 0.5) is 10.2 Å². The van der Waals surface area contributed by atoms with Crippen molar-refractivity contribution < 1.29 is 51.8 Å². The molecule has 61 heavy (non-hydrogen) atoms. The SMILES string of the molecule is CC1(C)OB(c2ccc(C(=O)Cl)cc2)OC1(C)C.CC1(C)OB(c2ccc(C(=O)Nc3cc(F)ccn3)cc2)OC1(C)C.CC1(C)OB(c2ccc(C(=O)O)cc2)OC1(C)C. The molecule has 1 amide bonds. The molecule has 0 saturated carbocycles. The number of nitrogens with zero attached hydrogens (tertiary/aromatic N) is 1. The number of halogens is 2. The zero-order valence-electron chi connectivity index (χ0n) is 36.7. The molecule has 0 aliphatic carbocycles. The van der Waals surface area contributed by atoms with E-state index in [0.29, 0.717) is 11.1 Å². The molecule has 3 aliphatic heterocycles. The minimum Gasteiger partial charge on any atom is -0.478 e. The molecule has 322 valence electrons. The number of aromatic carboxylic acids is 1. The highest BCUT2D eigenvalue weighted by atomic mass is 35.5. The van der Waals surface area contributed by atoms with Crippen LogP contribution in [0.25, 0.3) is 0 Å². The first kappa shape index (κ1) is 47.6. The molecule has 3 fully saturated rings. The van der Waals surface area contributed by atoms with Crippen LogP contribution < -0.4 is 21.7 Å². The second kappa shape index (κ2) is 17.8. The highest BCUT2D eigenvalue weighted by Gasteiger charge is 2.53. The quantitative estimate of drug-likeness (QED) is 0.149. The number of pyridine rings is 1. The fourth-order valence-corrected chi connectivity index (χ4v) is 6.07. The Morgan fingerprint density at radius 2 is 0.852 bits per heavy atom. The van der Waals surface area contributed by atoms with Crippen LogP contribution in [0.1, 0.15) is 114 Å². The summed E-state index contributed by atoms with van der Waals surface area (Å²) in [6.07, 6.45) is 1.30. The predicted molar refractivity (Wildman–Crippen MR) is 236 cm³/mol. The lowest BCUT2D eigenvalue weighted by molar-refractivity contribution is 0.00578. The largest absolute Gasteiger partial charge is 0.494 e. The summed E-state index contributed by atoms with van der Waals surface area (Å²) in [4.78, 5) is 37.9. The van der Waals surface area contributed by atoms with Crippen LogP contribution >= 0.6 is 11.6 Å². The molecular weight excluding hydrogens is 803 g/mol. The number of carbonyl (C=O) groups is 3. The Hall–Kier alpha value is -4.41. The Bertz CT molecular complexity index is 2080. The number of carbonyl (C=O) groups excluding carboxylic acids is 2. The van der Waals surface area contributed by atoms with Crippen molar-refractivity contribution in [2.24, 2.45) is 0 Å². The zero-order valence-corrected chi connectivity index (χ0v) is 37.5. The van der Waals surface area contributed by atoms with Gasteiger partial charge in [0.05, 0.1) is 39.2 Å². The van der Waals surface area contributed by atoms with Gasteiger partial charge in [-0.3, -0.25) is 9.59 Å². The third-order valence-corrected chi connectivity index (χ3v) is 12.2. The zero-order chi connectivity index (χ0) is 45.3. The minimum absolute atomic E-state index is 0.167. The normalized spacial score (nSPS) is 19.9. The molecular formula is C44H53B3ClFN2O10. The second-order valence-electron chi connectivity index (χ2n) is 18.0. The number of amides is 1. The summed E-state index contributed by atoms with van der Waals surface area (Å²) >= 11 is 5.40. The number of hydrogen-bond acceptors (Lipinski definition) is 10. The first-order valence-corrected chi connectivity index (χ1v) is 20.2. The molecule has 17 heteroatoms. The van der Waals surface area contributed by atoms with Crippen LogP contribution in [0, 0.1) is 5.82 Å². The van der Waals surface area contributed by atoms with Gasteiger partial charge in [-0.15, -0.1) is 0 Å². The lowest BCUT2D eigenvalue weighted by atomic mass is 9.79. The van der Waals surface area contributed by atoms with E-state index in [1.807, 2.05) is 83.1 Å². The van der Waals surface area contributed by atoms with Gasteiger partial charge in [-0.1, -0.05) is 48.5 Å². The Morgan fingerprint density at radius 3 is 1.15 bits per heavy atom. The van der Waals surface area contributed by atoms with Crippen LogP contribution in [-0.2, 0) is 27.9 Å². The van der Waals surface area contributed by atoms with Crippen LogP contribution in [0.2, 0.25) is 0 Å². The fourth-order valence-electron chi connectivity index (χ4n) is 5.94. The van der Waals surface area contributed by atoms with Crippen molar-refractivity contribution in [2.75, 3.05) is 5.32 Å². The molecule has 0 unspecified atom stereocenters. The first-order chi connectivity index (χ1) is 28.1. The van der Waals surface area contributed by atoms with E-state index in [-0.39, 0.29) is 39.7 Å². The molecule has 0 atom stereocenters. The number of nitrogens with one attached hydrogen (secondary N) is 1. The smallest absolute Gasteiger partial charge is 0.478 e. The third kappa shape index (κ3) is 11.0. The summed E-state index contributed by atoms with van der Waals surface area (Å²) in [5.41, 5.74) is 1.38. The van der Waals surface area contributed by atoms with Gasteiger partial charge in [0.1, 0.15) is 11.6 Å². The Labute approximate surface area is 363 Å². The summed E-state index contributed by atoms with van der Waals surface area (Å²) in [6.45, 7) is 23.9. The van der Waals surface area contributed by atoms with Gasteiger partial charge in [0, 0.05) is 23.4 Å². The van der Waals surface area contributed by atoms with Gasteiger partial charge in [-0.05, 0) is 141 Å². The number of carboxylic acids is 1. The molecule has 0 radical (unpaired) electrons. The van der Waals surface area contributed by atoms with Crippen LogP contribution in [-0.4, -0.2) is 82.2 Å². The molecule has 0 spiro atoms. The lowest BCUT2D eigenvalue weighted by Gasteiger charge is -2.32. The second-order valence-corrected chi connectivity index (χ2v) is 18.4. The van der Waals surface area contributed by atoms with Gasteiger partial charge in [-0.2, -0.15) is 0 Å². The summed E-state index contributed by atoms with van der Waals surface area (Å²) in [5.74, 6) is -1.59. The number of carboxylic acid groups (broad SMARTS) is 1. The maximum atomic E-state index is 13.2. The number of aromatic nitrogens is 1. The summed E-state index contributed by atoms with van der Waals surface area (Å²) in [6, 6.07) is 22.8. The molecule has 2 N–H and O–H groups in total. The van der Waals surface area contributed by atoms with Crippen molar-refractivity contribution in [2.45, 2.75) is 117 Å². The number of rotatable bonds is 7. The molecule has 12 nitrogen and oxygen atoms in total. The van der Waals surface area contributed by atoms with Crippen LogP contribution in [0.5, 0.6) is 0 Å². The van der Waals surface area contributed by atoms with E-state index in [2.05, 4.69) is 10.3 Å². The lowest BCUT2D eigenvalue weighted by Crippen LogP contribution is -2.41. The van der Waals surface area contributed by atoms with E-state index >= 15 is 0 Å². The highest BCUT2D eigenvalue weighted by molar-refractivity contribution is 6.68. The molecule has 7 rings (SSSR count). The van der Waals surface area contributed by atoms with Gasteiger partial charge in [-0.25, -0.2) is 14.2 Å². The topological polar surface area (TPSA) is 152 Å². The third-order valence-electron chi connectivity index (χ3n) is 12.0.